The van der Waals surface area contributed by atoms with Crippen molar-refractivity contribution in [3.63, 3.8) is 0 Å². The van der Waals surface area contributed by atoms with E-state index in [1.54, 1.807) is 0 Å². The van der Waals surface area contributed by atoms with Crippen molar-refractivity contribution >= 4 is 40.4 Å². The van der Waals surface area contributed by atoms with Crippen molar-refractivity contribution in [2.75, 3.05) is 13.1 Å². The van der Waals surface area contributed by atoms with Crippen molar-refractivity contribution in [2.45, 2.75) is 6.92 Å². The van der Waals surface area contributed by atoms with E-state index in [1.165, 1.54) is 6.92 Å². The molecule has 0 fully saturated rings. The summed E-state index contributed by atoms with van der Waals surface area (Å²) in [5.74, 6) is -1.11. The van der Waals surface area contributed by atoms with Crippen LogP contribution in [0.15, 0.2) is 6.07 Å². The molecule has 2 N–H and O–H groups in total. The van der Waals surface area contributed by atoms with Crippen molar-refractivity contribution in [3.8, 4) is 0 Å². The number of hydrogen-bond acceptors (Lipinski definition) is 6. The summed E-state index contributed by atoms with van der Waals surface area (Å²) in [7, 11) is 0. The highest BCUT2D eigenvalue weighted by molar-refractivity contribution is 7.18. The summed E-state index contributed by atoms with van der Waals surface area (Å²) in [6.45, 7) is 1.39. The third kappa shape index (κ3) is 3.03. The number of rotatable bonds is 4. The Hall–Kier alpha value is -1.51. The molecular formula is C9H10ClN3O4S. The second-order valence-corrected chi connectivity index (χ2v) is 4.95. The summed E-state index contributed by atoms with van der Waals surface area (Å²) < 4.78 is -0.0976. The predicted molar refractivity (Wildman–Crippen MR) is 66.8 cm³/mol. The van der Waals surface area contributed by atoms with Gasteiger partial charge in [0.25, 0.3) is 11.6 Å². The number of hydrogen-bond donors (Lipinski definition) is 1. The molecule has 1 heterocycles. The number of amides is 2. The lowest BCUT2D eigenvalue weighted by molar-refractivity contribution is -0.384. The Kier molecular flexibility index (Phi) is 4.76. The van der Waals surface area contributed by atoms with Crippen LogP contribution < -0.4 is 5.73 Å². The molecule has 0 radical (unpaired) electrons. The maximum Gasteiger partial charge on any atom is 0.299 e. The summed E-state index contributed by atoms with van der Waals surface area (Å²) in [6, 6.07) is 1.06. The fourth-order valence-corrected chi connectivity index (χ4v) is 2.43. The van der Waals surface area contributed by atoms with Crippen LogP contribution in [0.1, 0.15) is 16.6 Å². The summed E-state index contributed by atoms with van der Waals surface area (Å²) >= 11 is 6.40. The Morgan fingerprint density at radius 1 is 1.61 bits per heavy atom. The first-order chi connectivity index (χ1) is 8.38. The summed E-state index contributed by atoms with van der Waals surface area (Å²) in [4.78, 5) is 34.1. The Labute approximate surface area is 111 Å². The minimum atomic E-state index is -0.684. The Balaban J connectivity index is 3.06. The van der Waals surface area contributed by atoms with Crippen LogP contribution in [0.4, 0.5) is 5.69 Å². The fourth-order valence-electron chi connectivity index (χ4n) is 1.25. The number of imide groups is 1. The number of thiophene rings is 1. The van der Waals surface area contributed by atoms with Gasteiger partial charge >= 0.3 is 0 Å². The predicted octanol–water partition coefficient (Wildman–Crippen LogP) is 1.26. The SMILES string of the molecule is CC(=O)N(CCN)C(=O)c1cc([N+](=O)[O-])c(Cl)s1. The van der Waals surface area contributed by atoms with E-state index >= 15 is 0 Å². The van der Waals surface area contributed by atoms with Crippen LogP contribution in [0.3, 0.4) is 0 Å². The van der Waals surface area contributed by atoms with Gasteiger partial charge in [0.1, 0.15) is 4.88 Å². The van der Waals surface area contributed by atoms with Crippen molar-refractivity contribution in [3.05, 3.63) is 25.4 Å². The van der Waals surface area contributed by atoms with Crippen LogP contribution in [0.25, 0.3) is 0 Å². The molecule has 2 amide bonds. The molecule has 0 atom stereocenters. The second kappa shape index (κ2) is 5.89. The molecule has 0 saturated heterocycles. The normalized spacial score (nSPS) is 10.2. The van der Waals surface area contributed by atoms with Crippen molar-refractivity contribution in [2.24, 2.45) is 5.73 Å². The number of nitrogens with two attached hydrogens (primary N) is 1. The summed E-state index contributed by atoms with van der Waals surface area (Å²) in [6.07, 6.45) is 0. The number of halogens is 1. The molecule has 0 bridgehead atoms. The molecule has 0 aromatic carbocycles. The van der Waals surface area contributed by atoms with E-state index in [0.29, 0.717) is 0 Å². The van der Waals surface area contributed by atoms with Crippen molar-refractivity contribution < 1.29 is 14.5 Å². The molecule has 98 valence electrons. The third-order valence-corrected chi connectivity index (χ3v) is 3.38. The minimum absolute atomic E-state index is 0.0374. The fraction of sp³-hybridized carbons (Fsp3) is 0.333. The highest BCUT2D eigenvalue weighted by atomic mass is 35.5. The van der Waals surface area contributed by atoms with Crippen LogP contribution in [-0.4, -0.2) is 34.7 Å². The van der Waals surface area contributed by atoms with Gasteiger partial charge in [0.05, 0.1) is 4.92 Å². The van der Waals surface area contributed by atoms with Crippen LogP contribution in [0.2, 0.25) is 4.34 Å². The van der Waals surface area contributed by atoms with Crippen molar-refractivity contribution in [1.29, 1.82) is 0 Å². The van der Waals surface area contributed by atoms with Gasteiger partial charge in [0.15, 0.2) is 4.34 Å². The molecule has 1 aromatic heterocycles. The van der Waals surface area contributed by atoms with Gasteiger partial charge in [-0.05, 0) is 0 Å². The van der Waals surface area contributed by atoms with Crippen LogP contribution >= 0.6 is 22.9 Å². The summed E-state index contributed by atoms with van der Waals surface area (Å²) in [5, 5.41) is 10.6. The molecule has 1 aromatic rings. The van der Waals surface area contributed by atoms with Gasteiger partial charge in [-0.25, -0.2) is 0 Å². The Morgan fingerprint density at radius 3 is 2.61 bits per heavy atom. The third-order valence-electron chi connectivity index (χ3n) is 2.05. The minimum Gasteiger partial charge on any atom is -0.329 e. The van der Waals surface area contributed by atoms with E-state index in [-0.39, 0.29) is 28.0 Å². The lowest BCUT2D eigenvalue weighted by Crippen LogP contribution is -2.38. The van der Waals surface area contributed by atoms with E-state index in [1.807, 2.05) is 0 Å². The lowest BCUT2D eigenvalue weighted by atomic mass is 10.3. The van der Waals surface area contributed by atoms with Crippen LogP contribution in [0.5, 0.6) is 0 Å². The average Bonchev–Trinajstić information content (AvgIpc) is 2.67. The molecule has 1 rings (SSSR count). The molecule has 0 aliphatic heterocycles. The summed E-state index contributed by atoms with van der Waals surface area (Å²) in [5.41, 5.74) is 4.94. The molecule has 0 spiro atoms. The topological polar surface area (TPSA) is 107 Å². The zero-order valence-corrected chi connectivity index (χ0v) is 11.0. The number of carbonyl (C=O) groups is 2. The molecule has 0 unspecified atom stereocenters. The number of nitrogens with zero attached hydrogens (tertiary/aromatic N) is 2. The average molecular weight is 292 g/mol. The number of nitro groups is 1. The monoisotopic (exact) mass is 291 g/mol. The molecule has 0 saturated carbocycles. The lowest BCUT2D eigenvalue weighted by Gasteiger charge is -2.16. The van der Waals surface area contributed by atoms with Gasteiger partial charge in [-0.2, -0.15) is 0 Å². The van der Waals surface area contributed by atoms with E-state index in [9.17, 15) is 19.7 Å². The number of carbonyl (C=O) groups excluding carboxylic acids is 2. The molecular weight excluding hydrogens is 282 g/mol. The highest BCUT2D eigenvalue weighted by Gasteiger charge is 2.26. The van der Waals surface area contributed by atoms with Gasteiger partial charge in [-0.15, -0.1) is 11.3 Å². The van der Waals surface area contributed by atoms with E-state index < -0.39 is 16.7 Å². The van der Waals surface area contributed by atoms with Gasteiger partial charge in [-0.3, -0.25) is 24.6 Å². The van der Waals surface area contributed by atoms with E-state index in [4.69, 9.17) is 17.3 Å². The quantitative estimate of drug-likeness (QED) is 0.664. The van der Waals surface area contributed by atoms with Crippen molar-refractivity contribution in [1.82, 2.24) is 4.90 Å². The molecule has 0 aliphatic rings. The van der Waals surface area contributed by atoms with Gasteiger partial charge in [-0.1, -0.05) is 11.6 Å². The van der Waals surface area contributed by atoms with Crippen LogP contribution in [-0.2, 0) is 4.79 Å². The smallest absolute Gasteiger partial charge is 0.299 e. The first-order valence-corrected chi connectivity index (χ1v) is 6.04. The highest BCUT2D eigenvalue weighted by Crippen LogP contribution is 2.34. The van der Waals surface area contributed by atoms with Gasteiger partial charge < -0.3 is 5.73 Å². The maximum absolute atomic E-state index is 11.9. The first kappa shape index (κ1) is 14.6. The second-order valence-electron chi connectivity index (χ2n) is 3.29. The van der Waals surface area contributed by atoms with Gasteiger partial charge in [0.2, 0.25) is 5.91 Å². The van der Waals surface area contributed by atoms with Gasteiger partial charge in [0, 0.05) is 26.1 Å². The largest absolute Gasteiger partial charge is 0.329 e. The zero-order chi connectivity index (χ0) is 13.9. The molecule has 18 heavy (non-hydrogen) atoms. The molecule has 0 aliphatic carbocycles. The first-order valence-electron chi connectivity index (χ1n) is 4.84. The zero-order valence-electron chi connectivity index (χ0n) is 9.38. The Morgan fingerprint density at radius 2 is 2.22 bits per heavy atom. The molecule has 7 nitrogen and oxygen atoms in total. The Bertz CT molecular complexity index is 502. The maximum atomic E-state index is 11.9. The van der Waals surface area contributed by atoms with Crippen LogP contribution in [0, 0.1) is 10.1 Å². The van der Waals surface area contributed by atoms with E-state index in [0.717, 1.165) is 22.3 Å². The molecule has 9 heteroatoms. The van der Waals surface area contributed by atoms with E-state index in [2.05, 4.69) is 0 Å². The standard InChI is InChI=1S/C9H10ClN3O4S/c1-5(14)12(3-2-11)9(15)7-4-6(13(16)17)8(10)18-7/h4H,2-3,11H2,1H3.